The highest BCUT2D eigenvalue weighted by Crippen LogP contribution is 2.42. The molecular formula is C19H25Cl3N6O. The zero-order chi connectivity index (χ0) is 19.3. The Hall–Kier alpha value is -1.80. The molecule has 1 aliphatic rings. The van der Waals surface area contributed by atoms with Gasteiger partial charge < -0.3 is 15.8 Å². The molecule has 3 N–H and O–H groups in total. The van der Waals surface area contributed by atoms with E-state index in [0.717, 1.165) is 46.1 Å². The highest BCUT2D eigenvalue weighted by Gasteiger charge is 2.30. The van der Waals surface area contributed by atoms with Crippen LogP contribution in [0.25, 0.3) is 11.0 Å². The number of halogens is 3. The van der Waals surface area contributed by atoms with Crippen LogP contribution in [0.3, 0.4) is 0 Å². The van der Waals surface area contributed by atoms with Gasteiger partial charge in [0.15, 0.2) is 5.65 Å². The zero-order valence-corrected chi connectivity index (χ0v) is 19.1. The molecule has 0 unspecified atom stereocenters. The van der Waals surface area contributed by atoms with Crippen LogP contribution in [-0.4, -0.2) is 39.9 Å². The van der Waals surface area contributed by atoms with Crippen molar-refractivity contribution in [2.75, 3.05) is 25.9 Å². The molecule has 3 aromatic rings. The SMILES string of the molecule is COc1c([C@@H](C)n2nc(C)c3c(N)ncnc32)cc(Cl)c(C)c1C1CNC1.Cl.Cl. The van der Waals surface area contributed by atoms with Crippen LogP contribution in [0.15, 0.2) is 12.4 Å². The second kappa shape index (κ2) is 8.92. The molecule has 158 valence electrons. The fraction of sp³-hybridized carbons (Fsp3) is 0.421. The third-order valence-electron chi connectivity index (χ3n) is 5.46. The van der Waals surface area contributed by atoms with Crippen LogP contribution in [0.4, 0.5) is 5.82 Å². The first kappa shape index (κ1) is 23.5. The van der Waals surface area contributed by atoms with Gasteiger partial charge in [-0.15, -0.1) is 24.8 Å². The zero-order valence-electron chi connectivity index (χ0n) is 16.7. The van der Waals surface area contributed by atoms with E-state index in [9.17, 15) is 0 Å². The molecule has 1 aliphatic heterocycles. The summed E-state index contributed by atoms with van der Waals surface area (Å²) in [5, 5.41) is 9.53. The van der Waals surface area contributed by atoms with Gasteiger partial charge in [0.1, 0.15) is 17.9 Å². The Labute approximate surface area is 187 Å². The summed E-state index contributed by atoms with van der Waals surface area (Å²) < 4.78 is 7.74. The number of hydrogen-bond donors (Lipinski definition) is 2. The van der Waals surface area contributed by atoms with Gasteiger partial charge >= 0.3 is 0 Å². The van der Waals surface area contributed by atoms with Gasteiger partial charge in [-0.1, -0.05) is 11.6 Å². The molecule has 4 rings (SSSR count). The Morgan fingerprint density at radius 1 is 1.28 bits per heavy atom. The number of nitrogens with two attached hydrogens (primary N) is 1. The van der Waals surface area contributed by atoms with E-state index < -0.39 is 0 Å². The van der Waals surface area contributed by atoms with Gasteiger partial charge in [0.05, 0.1) is 24.2 Å². The molecule has 0 saturated carbocycles. The lowest BCUT2D eigenvalue weighted by atomic mass is 9.86. The summed E-state index contributed by atoms with van der Waals surface area (Å²) in [5.41, 5.74) is 10.8. The first-order chi connectivity index (χ1) is 12.9. The van der Waals surface area contributed by atoms with Crippen molar-refractivity contribution >= 4 is 53.3 Å². The Morgan fingerprint density at radius 3 is 2.55 bits per heavy atom. The average molecular weight is 460 g/mol. The molecule has 0 amide bonds. The Balaban J connectivity index is 0.00000150. The Bertz CT molecular complexity index is 1030. The summed E-state index contributed by atoms with van der Waals surface area (Å²) in [4.78, 5) is 8.50. The highest BCUT2D eigenvalue weighted by molar-refractivity contribution is 6.31. The molecule has 29 heavy (non-hydrogen) atoms. The number of aryl methyl sites for hydroxylation is 1. The van der Waals surface area contributed by atoms with Crippen LogP contribution >= 0.6 is 36.4 Å². The monoisotopic (exact) mass is 458 g/mol. The molecule has 7 nitrogen and oxygen atoms in total. The number of ether oxygens (including phenoxy) is 1. The minimum absolute atomic E-state index is 0. The van der Waals surface area contributed by atoms with E-state index in [1.807, 2.05) is 24.6 Å². The molecule has 0 bridgehead atoms. The largest absolute Gasteiger partial charge is 0.496 e. The number of nitrogens with one attached hydrogen (secondary N) is 1. The number of rotatable bonds is 4. The van der Waals surface area contributed by atoms with Gasteiger partial charge in [-0.25, -0.2) is 14.6 Å². The molecule has 3 heterocycles. The van der Waals surface area contributed by atoms with Gasteiger partial charge in [0.25, 0.3) is 0 Å². The van der Waals surface area contributed by atoms with Gasteiger partial charge in [0, 0.05) is 35.2 Å². The maximum Gasteiger partial charge on any atom is 0.164 e. The first-order valence-electron chi connectivity index (χ1n) is 8.96. The van der Waals surface area contributed by atoms with Crippen molar-refractivity contribution in [2.24, 2.45) is 0 Å². The summed E-state index contributed by atoms with van der Waals surface area (Å²) in [6.45, 7) is 7.89. The summed E-state index contributed by atoms with van der Waals surface area (Å²) in [6.07, 6.45) is 1.47. The van der Waals surface area contributed by atoms with E-state index in [-0.39, 0.29) is 30.9 Å². The van der Waals surface area contributed by atoms with Gasteiger partial charge in [-0.05, 0) is 32.4 Å². The van der Waals surface area contributed by atoms with Crippen molar-refractivity contribution in [3.63, 3.8) is 0 Å². The van der Waals surface area contributed by atoms with Gasteiger partial charge in [-0.3, -0.25) is 0 Å². The molecule has 1 fully saturated rings. The van der Waals surface area contributed by atoms with Crippen molar-refractivity contribution in [1.29, 1.82) is 0 Å². The minimum Gasteiger partial charge on any atom is -0.496 e. The summed E-state index contributed by atoms with van der Waals surface area (Å²) in [6, 6.07) is 1.85. The fourth-order valence-corrected chi connectivity index (χ4v) is 4.08. The third-order valence-corrected chi connectivity index (χ3v) is 5.85. The van der Waals surface area contributed by atoms with Crippen LogP contribution in [0.2, 0.25) is 5.02 Å². The van der Waals surface area contributed by atoms with Crippen LogP contribution in [0.1, 0.15) is 41.3 Å². The number of nitrogen functional groups attached to an aromatic ring is 1. The lowest BCUT2D eigenvalue weighted by Crippen LogP contribution is -2.40. The smallest absolute Gasteiger partial charge is 0.164 e. The van der Waals surface area contributed by atoms with Crippen molar-refractivity contribution < 1.29 is 4.74 Å². The second-order valence-corrected chi connectivity index (χ2v) is 7.45. The van der Waals surface area contributed by atoms with E-state index in [4.69, 9.17) is 22.1 Å². The number of aromatic nitrogens is 4. The molecule has 1 saturated heterocycles. The number of fused-ring (bicyclic) bond motifs is 1. The normalized spacial score (nSPS) is 14.7. The van der Waals surface area contributed by atoms with Crippen LogP contribution in [0.5, 0.6) is 5.75 Å². The van der Waals surface area contributed by atoms with Crippen LogP contribution < -0.4 is 15.8 Å². The highest BCUT2D eigenvalue weighted by atomic mass is 35.5. The number of anilines is 1. The maximum absolute atomic E-state index is 6.60. The van der Waals surface area contributed by atoms with E-state index in [2.05, 4.69) is 27.3 Å². The number of nitrogens with zero attached hydrogens (tertiary/aromatic N) is 4. The molecule has 0 spiro atoms. The minimum atomic E-state index is -0.129. The van der Waals surface area contributed by atoms with Gasteiger partial charge in [-0.2, -0.15) is 5.10 Å². The van der Waals surface area contributed by atoms with E-state index >= 15 is 0 Å². The predicted molar refractivity (Wildman–Crippen MR) is 121 cm³/mol. The Kier molecular flexibility index (Phi) is 7.22. The second-order valence-electron chi connectivity index (χ2n) is 7.04. The number of hydrogen-bond acceptors (Lipinski definition) is 6. The molecule has 0 aliphatic carbocycles. The lowest BCUT2D eigenvalue weighted by Gasteiger charge is -2.32. The van der Waals surface area contributed by atoms with Crippen LogP contribution in [0, 0.1) is 13.8 Å². The van der Waals surface area contributed by atoms with E-state index in [1.54, 1.807) is 7.11 Å². The van der Waals surface area contributed by atoms with Crippen LogP contribution in [-0.2, 0) is 0 Å². The van der Waals surface area contributed by atoms with Gasteiger partial charge in [0.2, 0.25) is 0 Å². The molecule has 0 radical (unpaired) electrons. The number of methoxy groups -OCH3 is 1. The molecule has 2 aromatic heterocycles. The predicted octanol–water partition coefficient (Wildman–Crippen LogP) is 3.83. The van der Waals surface area contributed by atoms with Crippen molar-refractivity contribution in [1.82, 2.24) is 25.1 Å². The molecular weight excluding hydrogens is 435 g/mol. The van der Waals surface area contributed by atoms with Crippen molar-refractivity contribution in [3.8, 4) is 5.75 Å². The maximum atomic E-state index is 6.60. The number of benzene rings is 1. The average Bonchev–Trinajstić information content (AvgIpc) is 2.94. The summed E-state index contributed by atoms with van der Waals surface area (Å²) in [7, 11) is 1.71. The lowest BCUT2D eigenvalue weighted by molar-refractivity contribution is 0.374. The fourth-order valence-electron chi connectivity index (χ4n) is 3.86. The third kappa shape index (κ3) is 3.72. The topological polar surface area (TPSA) is 90.9 Å². The quantitative estimate of drug-likeness (QED) is 0.616. The van der Waals surface area contributed by atoms with Crippen molar-refractivity contribution in [2.45, 2.75) is 32.7 Å². The molecule has 1 aromatic carbocycles. The standard InChI is InChI=1S/C19H23ClN6O.2ClH/c1-9-14(20)5-13(17(27-4)15(9)12-6-22-7-12)11(3)26-19-16(10(2)25-26)18(21)23-8-24-19;;/h5,8,11-12,22H,6-7H2,1-4H3,(H2,21,23,24);2*1H/t11-;;/m1../s1. The summed E-state index contributed by atoms with van der Waals surface area (Å²) >= 11 is 6.60. The van der Waals surface area contributed by atoms with E-state index in [0.29, 0.717) is 17.4 Å². The van der Waals surface area contributed by atoms with E-state index in [1.165, 1.54) is 11.9 Å². The Morgan fingerprint density at radius 2 is 1.97 bits per heavy atom. The molecule has 1 atom stereocenters. The first-order valence-corrected chi connectivity index (χ1v) is 9.34. The molecule has 10 heteroatoms. The van der Waals surface area contributed by atoms with Crippen molar-refractivity contribution in [3.05, 3.63) is 39.8 Å². The summed E-state index contributed by atoms with van der Waals surface area (Å²) in [5.74, 6) is 1.71.